The molecule has 0 aliphatic carbocycles. The molecule has 0 bridgehead atoms. The summed E-state index contributed by atoms with van der Waals surface area (Å²) in [5.41, 5.74) is 6.97. The van der Waals surface area contributed by atoms with E-state index in [1.165, 1.54) is 81.3 Å². The van der Waals surface area contributed by atoms with Crippen LogP contribution in [0.5, 0.6) is 11.5 Å². The second kappa shape index (κ2) is 30.7. The SMILES string of the molecule is CNc1ccc(N2CCCC(N(C)C)CC2)cc1.COc1cc(C)c(S(=O)(=O)N(C)CCC(=O)N(C)c2ccc(N3CCCC(N(C)C)CC3)cc2)c(C)c1.COc1cc(C)c(S(=O)(=O)N(C)CCOC=O)c(C)c1.Cl. The van der Waals surface area contributed by atoms with Gasteiger partial charge in [-0.3, -0.25) is 9.59 Å². The Morgan fingerprint density at radius 1 is 0.618 bits per heavy atom. The summed E-state index contributed by atoms with van der Waals surface area (Å²) in [6.45, 7) is 11.9. The average Bonchev–Trinajstić information content (AvgIpc) is 3.80. The molecule has 4 aromatic rings. The summed E-state index contributed by atoms with van der Waals surface area (Å²) in [5, 5.41) is 3.17. The van der Waals surface area contributed by atoms with Crippen LogP contribution in [0.15, 0.2) is 82.6 Å². The van der Waals surface area contributed by atoms with Gasteiger partial charge in [0.15, 0.2) is 0 Å². The molecule has 2 saturated heterocycles. The van der Waals surface area contributed by atoms with E-state index in [-0.39, 0.29) is 54.2 Å². The molecule has 0 radical (unpaired) electrons. The van der Waals surface area contributed by atoms with Gasteiger partial charge < -0.3 is 44.0 Å². The van der Waals surface area contributed by atoms with Gasteiger partial charge in [-0.25, -0.2) is 21.1 Å². The normalized spacial score (nSPS) is 16.1. The number of amides is 1. The summed E-state index contributed by atoms with van der Waals surface area (Å²) < 4.78 is 68.8. The van der Waals surface area contributed by atoms with E-state index in [0.29, 0.717) is 46.3 Å². The molecular formula is C56H87ClN8O9S2. The predicted octanol–water partition coefficient (Wildman–Crippen LogP) is 8.08. The van der Waals surface area contributed by atoms with Crippen LogP contribution in [-0.4, -0.2) is 176 Å². The highest BCUT2D eigenvalue weighted by atomic mass is 35.5. The molecule has 2 atom stereocenters. The van der Waals surface area contributed by atoms with E-state index >= 15 is 0 Å². The summed E-state index contributed by atoms with van der Waals surface area (Å²) in [4.78, 5) is 34.7. The number of carbonyl (C=O) groups is 2. The topological polar surface area (TPSA) is 165 Å². The molecule has 20 heteroatoms. The highest BCUT2D eigenvalue weighted by Gasteiger charge is 2.28. The maximum atomic E-state index is 13.2. The van der Waals surface area contributed by atoms with Crippen LogP contribution >= 0.6 is 12.4 Å². The second-order valence-corrected chi connectivity index (χ2v) is 23.9. The second-order valence-electron chi connectivity index (χ2n) is 19.9. The zero-order chi connectivity index (χ0) is 55.6. The molecule has 424 valence electrons. The number of benzene rings is 4. The van der Waals surface area contributed by atoms with Crippen molar-refractivity contribution in [3.05, 3.63) is 95.1 Å². The van der Waals surface area contributed by atoms with E-state index in [0.717, 1.165) is 42.0 Å². The fraction of sp³-hybridized carbons (Fsp3) is 0.536. The van der Waals surface area contributed by atoms with Gasteiger partial charge in [0.2, 0.25) is 26.0 Å². The fourth-order valence-electron chi connectivity index (χ4n) is 9.65. The van der Waals surface area contributed by atoms with Crippen molar-refractivity contribution in [2.45, 2.75) is 94.5 Å². The first-order valence-corrected chi connectivity index (χ1v) is 28.6. The van der Waals surface area contributed by atoms with Gasteiger partial charge in [0.05, 0.1) is 24.0 Å². The zero-order valence-electron chi connectivity index (χ0n) is 47.6. The smallest absolute Gasteiger partial charge is 0.293 e. The number of hydrogen-bond acceptors (Lipinski definition) is 14. The Bertz CT molecular complexity index is 2630. The monoisotopic (exact) mass is 1110 g/mol. The molecule has 2 aliphatic heterocycles. The molecule has 1 N–H and O–H groups in total. The summed E-state index contributed by atoms with van der Waals surface area (Å²) in [6.07, 6.45) is 7.46. The number of halogens is 1. The molecule has 2 fully saturated rings. The molecular weight excluding hydrogens is 1030 g/mol. The van der Waals surface area contributed by atoms with Gasteiger partial charge in [0, 0.05) is 109 Å². The number of nitrogens with zero attached hydrogens (tertiary/aromatic N) is 7. The third kappa shape index (κ3) is 18.0. The largest absolute Gasteiger partial charge is 0.497 e. The van der Waals surface area contributed by atoms with Crippen molar-refractivity contribution in [1.82, 2.24) is 18.4 Å². The van der Waals surface area contributed by atoms with Crippen LogP contribution in [0.2, 0.25) is 0 Å². The number of ether oxygens (including phenoxy) is 3. The Morgan fingerprint density at radius 3 is 1.38 bits per heavy atom. The Labute approximate surface area is 461 Å². The minimum absolute atomic E-state index is 0. The van der Waals surface area contributed by atoms with Crippen LogP contribution in [0.25, 0.3) is 0 Å². The first-order valence-electron chi connectivity index (χ1n) is 25.8. The Morgan fingerprint density at radius 2 is 1.01 bits per heavy atom. The number of nitrogens with one attached hydrogen (secondary N) is 1. The van der Waals surface area contributed by atoms with Crippen molar-refractivity contribution in [2.75, 3.05) is 136 Å². The first-order chi connectivity index (χ1) is 35.5. The molecule has 6 rings (SSSR count). The first kappa shape index (κ1) is 65.1. The van der Waals surface area contributed by atoms with Crippen LogP contribution in [-0.2, 0) is 34.4 Å². The Kier molecular flexibility index (Phi) is 26.3. The lowest BCUT2D eigenvalue weighted by atomic mass is 10.1. The molecule has 2 unspecified atom stereocenters. The number of anilines is 4. The van der Waals surface area contributed by atoms with E-state index in [1.807, 2.05) is 19.2 Å². The van der Waals surface area contributed by atoms with Gasteiger partial charge in [-0.15, -0.1) is 12.4 Å². The molecule has 2 aliphatic rings. The minimum Gasteiger partial charge on any atom is -0.497 e. The molecule has 76 heavy (non-hydrogen) atoms. The lowest BCUT2D eigenvalue weighted by molar-refractivity contribution is -0.128. The van der Waals surface area contributed by atoms with Crippen molar-refractivity contribution in [3.63, 3.8) is 0 Å². The van der Waals surface area contributed by atoms with Gasteiger partial charge in [0.25, 0.3) is 6.47 Å². The Hall–Kier alpha value is -5.15. The predicted molar refractivity (Wildman–Crippen MR) is 311 cm³/mol. The van der Waals surface area contributed by atoms with E-state index in [4.69, 9.17) is 9.47 Å². The highest BCUT2D eigenvalue weighted by molar-refractivity contribution is 7.89. The number of sulfonamides is 2. The van der Waals surface area contributed by atoms with Crippen LogP contribution in [0.1, 0.15) is 67.2 Å². The van der Waals surface area contributed by atoms with Crippen molar-refractivity contribution in [2.24, 2.45) is 0 Å². The third-order valence-corrected chi connectivity index (χ3v) is 18.6. The molecule has 4 aromatic carbocycles. The lowest BCUT2D eigenvalue weighted by Crippen LogP contribution is -2.34. The number of methoxy groups -OCH3 is 2. The molecule has 17 nitrogen and oxygen atoms in total. The number of aryl methyl sites for hydroxylation is 4. The van der Waals surface area contributed by atoms with E-state index in [9.17, 15) is 26.4 Å². The van der Waals surface area contributed by atoms with Gasteiger partial charge in [-0.05, 0) is 189 Å². The highest BCUT2D eigenvalue weighted by Crippen LogP contribution is 2.30. The van der Waals surface area contributed by atoms with E-state index in [2.05, 4.69) is 94.2 Å². The van der Waals surface area contributed by atoms with Gasteiger partial charge >= 0.3 is 0 Å². The van der Waals surface area contributed by atoms with Crippen LogP contribution in [0.4, 0.5) is 22.7 Å². The summed E-state index contributed by atoms with van der Waals surface area (Å²) in [6, 6.07) is 25.0. The van der Waals surface area contributed by atoms with Crippen LogP contribution in [0, 0.1) is 27.7 Å². The third-order valence-electron chi connectivity index (χ3n) is 14.3. The molecule has 2 heterocycles. The van der Waals surface area contributed by atoms with Gasteiger partial charge in [-0.2, -0.15) is 4.31 Å². The standard InChI is InChI=1S/C28H42N4O4S.C15H25N3.C13H19NO5S.ClH/c1-21-19-26(36-7)20-22(2)28(21)37(34,35)30(5)17-15-27(33)31(6)24-10-12-25(13-11-24)32-16-8-9-23(14-18-32)29(3)4;1-16-13-6-8-15(9-7-13)18-11-4-5-14(10-12-18)17(2)3;1-10-7-12(18-4)8-11(2)13(10)20(16,17)14(3)5-6-19-9-15;/h10-13,19-20,23H,8-9,14-18H2,1-7H3;6-9,14,16H,4-5,10-12H2,1-3H3;7-9H,5-6H2,1-4H3;1H. The molecule has 1 amide bonds. The number of likely N-dealkylation sites (N-methyl/N-ethyl adjacent to an activating group) is 1. The maximum Gasteiger partial charge on any atom is 0.293 e. The maximum absolute atomic E-state index is 13.2. The quantitative estimate of drug-likeness (QED) is 0.0708. The molecule has 0 saturated carbocycles. The molecule has 0 aromatic heterocycles. The fourth-order valence-corrected chi connectivity index (χ4v) is 12.8. The summed E-state index contributed by atoms with van der Waals surface area (Å²) in [7, 11) is 11.1. The van der Waals surface area contributed by atoms with Crippen molar-refractivity contribution < 1.29 is 40.6 Å². The minimum atomic E-state index is -3.74. The summed E-state index contributed by atoms with van der Waals surface area (Å²) >= 11 is 0. The zero-order valence-corrected chi connectivity index (χ0v) is 50.0. The van der Waals surface area contributed by atoms with Crippen molar-refractivity contribution >= 4 is 67.6 Å². The molecule has 0 spiro atoms. The summed E-state index contributed by atoms with van der Waals surface area (Å²) in [5.74, 6) is 1.10. The number of rotatable bonds is 19. The number of carbonyl (C=O) groups excluding carboxylic acids is 2. The number of hydrogen-bond donors (Lipinski definition) is 1. The van der Waals surface area contributed by atoms with Crippen molar-refractivity contribution in [1.29, 1.82) is 0 Å². The van der Waals surface area contributed by atoms with Gasteiger partial charge in [0.1, 0.15) is 18.1 Å². The average molecular weight is 1120 g/mol. The van der Waals surface area contributed by atoms with Gasteiger partial charge in [-0.1, -0.05) is 0 Å². The Balaban J connectivity index is 0.000000329. The lowest BCUT2D eigenvalue weighted by Gasteiger charge is -2.26. The van der Waals surface area contributed by atoms with E-state index in [1.54, 1.807) is 71.0 Å². The van der Waals surface area contributed by atoms with Crippen molar-refractivity contribution in [3.8, 4) is 11.5 Å². The van der Waals surface area contributed by atoms with E-state index < -0.39 is 20.0 Å². The van der Waals surface area contributed by atoms with Crippen LogP contribution < -0.4 is 29.5 Å². The van der Waals surface area contributed by atoms with Crippen LogP contribution in [0.3, 0.4) is 0 Å².